The fourth-order valence-corrected chi connectivity index (χ4v) is 4.20. The number of likely N-dealkylation sites (tertiary alicyclic amines) is 1. The Kier molecular flexibility index (Phi) is 8.07. The standard InChI is InChI=1S/C23H36N4O2/c1-3-5-22(28)27-10-8-21(9-11-27)23(29)24-17-19-6-4-7-20(16-19)18-26-14-12-25(2)13-15-26/h4,6-7,16,21H,3,5,8-15,17-18H2,1-2H3,(H,24,29). The molecule has 2 fully saturated rings. The maximum absolute atomic E-state index is 12.6. The van der Waals surface area contributed by atoms with Crippen molar-refractivity contribution in [3.8, 4) is 0 Å². The molecule has 0 bridgehead atoms. The predicted molar refractivity (Wildman–Crippen MR) is 115 cm³/mol. The topological polar surface area (TPSA) is 55.9 Å². The average Bonchev–Trinajstić information content (AvgIpc) is 2.74. The van der Waals surface area contributed by atoms with Crippen LogP contribution in [0, 0.1) is 5.92 Å². The van der Waals surface area contributed by atoms with Gasteiger partial charge in [-0.15, -0.1) is 0 Å². The Labute approximate surface area is 175 Å². The summed E-state index contributed by atoms with van der Waals surface area (Å²) in [6.07, 6.45) is 3.03. The molecule has 2 heterocycles. The second kappa shape index (κ2) is 10.7. The molecule has 1 aromatic carbocycles. The number of nitrogens with one attached hydrogen (secondary N) is 1. The first-order valence-electron chi connectivity index (χ1n) is 11.1. The summed E-state index contributed by atoms with van der Waals surface area (Å²) in [6.45, 7) is 9.45. The summed E-state index contributed by atoms with van der Waals surface area (Å²) in [7, 11) is 2.17. The van der Waals surface area contributed by atoms with Crippen LogP contribution in [0.25, 0.3) is 0 Å². The number of benzene rings is 1. The molecule has 3 rings (SSSR count). The van der Waals surface area contributed by atoms with Gasteiger partial charge in [-0.05, 0) is 37.4 Å². The third kappa shape index (κ3) is 6.54. The van der Waals surface area contributed by atoms with Crippen molar-refractivity contribution in [1.29, 1.82) is 0 Å². The molecule has 1 N–H and O–H groups in total. The Morgan fingerprint density at radius 3 is 2.41 bits per heavy atom. The smallest absolute Gasteiger partial charge is 0.223 e. The Hall–Kier alpha value is -1.92. The number of hydrogen-bond acceptors (Lipinski definition) is 4. The van der Waals surface area contributed by atoms with E-state index in [1.807, 2.05) is 11.8 Å². The van der Waals surface area contributed by atoms with Crippen LogP contribution in [0.4, 0.5) is 0 Å². The van der Waals surface area contributed by atoms with Crippen LogP contribution in [0.2, 0.25) is 0 Å². The van der Waals surface area contributed by atoms with E-state index in [0.29, 0.717) is 26.1 Å². The SMILES string of the molecule is CCCC(=O)N1CCC(C(=O)NCc2cccc(CN3CCN(C)CC3)c2)CC1. The van der Waals surface area contributed by atoms with E-state index in [1.54, 1.807) is 0 Å². The molecule has 6 heteroatoms. The monoisotopic (exact) mass is 400 g/mol. The van der Waals surface area contributed by atoms with Gasteiger partial charge >= 0.3 is 0 Å². The van der Waals surface area contributed by atoms with E-state index in [9.17, 15) is 9.59 Å². The molecule has 0 aliphatic carbocycles. The van der Waals surface area contributed by atoms with Crippen molar-refractivity contribution in [2.75, 3.05) is 46.3 Å². The zero-order chi connectivity index (χ0) is 20.6. The number of rotatable bonds is 7. The van der Waals surface area contributed by atoms with Crippen LogP contribution in [0.3, 0.4) is 0 Å². The largest absolute Gasteiger partial charge is 0.352 e. The van der Waals surface area contributed by atoms with Crippen molar-refractivity contribution < 1.29 is 9.59 Å². The van der Waals surface area contributed by atoms with Crippen LogP contribution in [0.15, 0.2) is 24.3 Å². The Morgan fingerprint density at radius 1 is 1.03 bits per heavy atom. The van der Waals surface area contributed by atoms with Crippen LogP contribution in [-0.2, 0) is 22.7 Å². The number of piperidine rings is 1. The minimum absolute atomic E-state index is 0.0224. The van der Waals surface area contributed by atoms with E-state index in [2.05, 4.69) is 46.4 Å². The van der Waals surface area contributed by atoms with Gasteiger partial charge in [0.1, 0.15) is 0 Å². The second-order valence-electron chi connectivity index (χ2n) is 8.52. The molecule has 29 heavy (non-hydrogen) atoms. The minimum Gasteiger partial charge on any atom is -0.352 e. The number of nitrogens with zero attached hydrogens (tertiary/aromatic N) is 3. The molecule has 0 saturated carbocycles. The minimum atomic E-state index is 0.0224. The molecule has 2 aliphatic heterocycles. The normalized spacial score (nSPS) is 19.3. The van der Waals surface area contributed by atoms with Gasteiger partial charge in [0.05, 0.1) is 0 Å². The van der Waals surface area contributed by atoms with E-state index >= 15 is 0 Å². The van der Waals surface area contributed by atoms with Gasteiger partial charge in [0.15, 0.2) is 0 Å². The lowest BCUT2D eigenvalue weighted by atomic mass is 9.95. The van der Waals surface area contributed by atoms with Crippen LogP contribution < -0.4 is 5.32 Å². The number of amides is 2. The molecule has 2 amide bonds. The van der Waals surface area contributed by atoms with Gasteiger partial charge in [-0.2, -0.15) is 0 Å². The van der Waals surface area contributed by atoms with Gasteiger partial charge in [0.25, 0.3) is 0 Å². The molecule has 1 aromatic rings. The third-order valence-electron chi connectivity index (χ3n) is 6.14. The van der Waals surface area contributed by atoms with E-state index < -0.39 is 0 Å². The van der Waals surface area contributed by atoms with Gasteiger partial charge in [-0.3, -0.25) is 14.5 Å². The first-order valence-corrected chi connectivity index (χ1v) is 11.1. The van der Waals surface area contributed by atoms with E-state index in [4.69, 9.17) is 0 Å². The summed E-state index contributed by atoms with van der Waals surface area (Å²) < 4.78 is 0. The number of hydrogen-bond donors (Lipinski definition) is 1. The number of piperazine rings is 1. The Morgan fingerprint density at radius 2 is 1.72 bits per heavy atom. The molecule has 0 unspecified atom stereocenters. The Balaban J connectivity index is 1.43. The Bertz CT molecular complexity index is 677. The summed E-state index contributed by atoms with van der Waals surface area (Å²) in [6, 6.07) is 8.56. The van der Waals surface area contributed by atoms with Gasteiger partial charge in [-0.1, -0.05) is 31.2 Å². The fourth-order valence-electron chi connectivity index (χ4n) is 4.20. The molecule has 2 aliphatic rings. The molecule has 0 spiro atoms. The summed E-state index contributed by atoms with van der Waals surface area (Å²) in [5.41, 5.74) is 2.46. The fraction of sp³-hybridized carbons (Fsp3) is 0.652. The van der Waals surface area contributed by atoms with Gasteiger partial charge in [-0.25, -0.2) is 0 Å². The molecule has 0 aromatic heterocycles. The van der Waals surface area contributed by atoms with E-state index in [-0.39, 0.29) is 17.7 Å². The van der Waals surface area contributed by atoms with E-state index in [1.165, 1.54) is 5.56 Å². The highest BCUT2D eigenvalue weighted by molar-refractivity contribution is 5.80. The highest BCUT2D eigenvalue weighted by Crippen LogP contribution is 2.19. The van der Waals surface area contributed by atoms with Crippen LogP contribution in [0.1, 0.15) is 43.7 Å². The average molecular weight is 401 g/mol. The molecular formula is C23H36N4O2. The zero-order valence-electron chi connectivity index (χ0n) is 18.0. The second-order valence-corrected chi connectivity index (χ2v) is 8.52. The number of carbonyl (C=O) groups is 2. The summed E-state index contributed by atoms with van der Waals surface area (Å²) in [5, 5.41) is 3.11. The molecule has 0 atom stereocenters. The zero-order valence-corrected chi connectivity index (χ0v) is 18.0. The number of carbonyl (C=O) groups excluding carboxylic acids is 2. The van der Waals surface area contributed by atoms with Crippen molar-refractivity contribution >= 4 is 11.8 Å². The van der Waals surface area contributed by atoms with E-state index in [0.717, 1.165) is 57.5 Å². The van der Waals surface area contributed by atoms with Crippen molar-refractivity contribution in [3.05, 3.63) is 35.4 Å². The van der Waals surface area contributed by atoms with Gasteiger partial charge in [0, 0.05) is 64.7 Å². The van der Waals surface area contributed by atoms with Gasteiger partial charge < -0.3 is 15.1 Å². The quantitative estimate of drug-likeness (QED) is 0.762. The molecule has 0 radical (unpaired) electrons. The molecule has 160 valence electrons. The van der Waals surface area contributed by atoms with Crippen LogP contribution in [0.5, 0.6) is 0 Å². The summed E-state index contributed by atoms with van der Waals surface area (Å²) >= 11 is 0. The molecular weight excluding hydrogens is 364 g/mol. The van der Waals surface area contributed by atoms with Gasteiger partial charge in [0.2, 0.25) is 11.8 Å². The highest BCUT2D eigenvalue weighted by atomic mass is 16.2. The lowest BCUT2D eigenvalue weighted by Gasteiger charge is -2.32. The predicted octanol–water partition coefficient (Wildman–Crippen LogP) is 2.09. The maximum Gasteiger partial charge on any atom is 0.223 e. The van der Waals surface area contributed by atoms with Crippen LogP contribution in [-0.4, -0.2) is 72.8 Å². The van der Waals surface area contributed by atoms with Crippen molar-refractivity contribution in [2.24, 2.45) is 5.92 Å². The lowest BCUT2D eigenvalue weighted by Crippen LogP contribution is -2.43. The first-order chi connectivity index (χ1) is 14.0. The summed E-state index contributed by atoms with van der Waals surface area (Å²) in [5.74, 6) is 0.370. The maximum atomic E-state index is 12.6. The number of likely N-dealkylation sites (N-methyl/N-ethyl adjacent to an activating group) is 1. The third-order valence-corrected chi connectivity index (χ3v) is 6.14. The van der Waals surface area contributed by atoms with Crippen molar-refractivity contribution in [1.82, 2.24) is 20.0 Å². The highest BCUT2D eigenvalue weighted by Gasteiger charge is 2.26. The molecule has 2 saturated heterocycles. The lowest BCUT2D eigenvalue weighted by molar-refractivity contribution is -0.135. The van der Waals surface area contributed by atoms with Crippen molar-refractivity contribution in [3.63, 3.8) is 0 Å². The van der Waals surface area contributed by atoms with Crippen LogP contribution >= 0.6 is 0 Å². The summed E-state index contributed by atoms with van der Waals surface area (Å²) in [4.78, 5) is 31.3. The first kappa shape index (κ1) is 21.8. The van der Waals surface area contributed by atoms with Crippen molar-refractivity contribution in [2.45, 2.75) is 45.7 Å². The molecule has 6 nitrogen and oxygen atoms in total.